The van der Waals surface area contributed by atoms with Crippen LogP contribution in [0.2, 0.25) is 0 Å². The lowest BCUT2D eigenvalue weighted by molar-refractivity contribution is 0.526. The van der Waals surface area contributed by atoms with E-state index >= 15 is 0 Å². The number of hydrogen-bond acceptors (Lipinski definition) is 2. The first-order valence-electron chi connectivity index (χ1n) is 6.24. The van der Waals surface area contributed by atoms with Gasteiger partial charge in [-0.3, -0.25) is 9.59 Å². The van der Waals surface area contributed by atoms with Crippen LogP contribution in [-0.4, -0.2) is 12.6 Å². The first-order valence-corrected chi connectivity index (χ1v) is 6.24. The second kappa shape index (κ2) is 12.2. The molecule has 2 radical (unpaired) electrons. The van der Waals surface area contributed by atoms with Crippen LogP contribution in [0.25, 0.3) is 0 Å². The van der Waals surface area contributed by atoms with E-state index in [9.17, 15) is 9.59 Å². The molecule has 0 aromatic rings. The van der Waals surface area contributed by atoms with Crippen molar-refractivity contribution in [2.24, 2.45) is 5.92 Å². The molecule has 16 heavy (non-hydrogen) atoms. The number of rotatable bonds is 11. The molecule has 0 aliphatic rings. The lowest BCUT2D eigenvalue weighted by Crippen LogP contribution is -1.97. The zero-order valence-corrected chi connectivity index (χ0v) is 10.2. The van der Waals surface area contributed by atoms with Crippen LogP contribution < -0.4 is 0 Å². The normalized spacial score (nSPS) is 12.8. The summed E-state index contributed by atoms with van der Waals surface area (Å²) in [6.07, 6.45) is 16.1. The highest BCUT2D eigenvalue weighted by molar-refractivity contribution is 5.64. The van der Waals surface area contributed by atoms with Crippen LogP contribution in [-0.2, 0) is 9.59 Å². The maximum Gasteiger partial charge on any atom is 0.206 e. The zero-order valence-electron chi connectivity index (χ0n) is 10.2. The molecule has 0 aliphatic carbocycles. The van der Waals surface area contributed by atoms with Gasteiger partial charge in [0.05, 0.1) is 5.92 Å². The molecule has 0 aromatic carbocycles. The van der Waals surface area contributed by atoms with Gasteiger partial charge in [-0.2, -0.15) is 0 Å². The molecule has 1 atom stereocenters. The van der Waals surface area contributed by atoms with Crippen molar-refractivity contribution in [2.45, 2.75) is 58.3 Å². The van der Waals surface area contributed by atoms with Gasteiger partial charge in [0.2, 0.25) is 6.29 Å². The van der Waals surface area contributed by atoms with E-state index in [0.29, 0.717) is 0 Å². The Morgan fingerprint density at radius 2 is 1.75 bits per heavy atom. The third-order valence-electron chi connectivity index (χ3n) is 2.55. The van der Waals surface area contributed by atoms with E-state index in [0.717, 1.165) is 12.8 Å². The van der Waals surface area contributed by atoms with Crippen molar-refractivity contribution in [3.8, 4) is 0 Å². The molecular formula is C14H22O2. The smallest absolute Gasteiger partial charge is 0.206 e. The second-order valence-corrected chi connectivity index (χ2v) is 4.06. The minimum absolute atomic E-state index is 0.135. The zero-order chi connectivity index (χ0) is 12.1. The van der Waals surface area contributed by atoms with Gasteiger partial charge in [0.1, 0.15) is 0 Å². The van der Waals surface area contributed by atoms with Crippen LogP contribution in [0.1, 0.15) is 58.3 Å². The lowest BCUT2D eigenvalue weighted by atomic mass is 10.1. The van der Waals surface area contributed by atoms with Gasteiger partial charge < -0.3 is 0 Å². The van der Waals surface area contributed by atoms with Crippen molar-refractivity contribution in [3.05, 3.63) is 12.2 Å². The van der Waals surface area contributed by atoms with Crippen molar-refractivity contribution in [1.29, 1.82) is 0 Å². The first-order chi connectivity index (χ1) is 7.85. The fourth-order valence-electron chi connectivity index (χ4n) is 1.54. The van der Waals surface area contributed by atoms with Crippen molar-refractivity contribution in [2.75, 3.05) is 0 Å². The van der Waals surface area contributed by atoms with E-state index in [1.807, 2.05) is 12.4 Å². The molecule has 0 amide bonds. The van der Waals surface area contributed by atoms with Gasteiger partial charge in [0, 0.05) is 6.42 Å². The van der Waals surface area contributed by atoms with E-state index in [1.165, 1.54) is 32.1 Å². The van der Waals surface area contributed by atoms with E-state index in [4.69, 9.17) is 0 Å². The molecule has 0 spiro atoms. The fraction of sp³-hybridized carbons (Fsp3) is 0.714. The lowest BCUT2D eigenvalue weighted by Gasteiger charge is -1.98. The highest BCUT2D eigenvalue weighted by Crippen LogP contribution is 2.08. The predicted molar refractivity (Wildman–Crippen MR) is 66.6 cm³/mol. The highest BCUT2D eigenvalue weighted by atomic mass is 16.1. The summed E-state index contributed by atoms with van der Waals surface area (Å²) in [5, 5.41) is 0. The number of unbranched alkanes of at least 4 members (excludes halogenated alkanes) is 6. The van der Waals surface area contributed by atoms with E-state index < -0.39 is 5.92 Å². The molecule has 0 bridgehead atoms. The van der Waals surface area contributed by atoms with Crippen LogP contribution in [0.3, 0.4) is 0 Å². The Morgan fingerprint density at radius 3 is 2.38 bits per heavy atom. The van der Waals surface area contributed by atoms with Crippen molar-refractivity contribution < 1.29 is 9.59 Å². The molecule has 2 nitrogen and oxygen atoms in total. The largest absolute Gasteiger partial charge is 0.291 e. The molecule has 0 saturated heterocycles. The van der Waals surface area contributed by atoms with Crippen LogP contribution in [0.4, 0.5) is 0 Å². The number of allylic oxidation sites excluding steroid dienone is 2. The predicted octanol–water partition coefficient (Wildman–Crippen LogP) is 3.52. The van der Waals surface area contributed by atoms with Crippen LogP contribution in [0.15, 0.2) is 12.2 Å². The first kappa shape index (κ1) is 15.1. The summed E-state index contributed by atoms with van der Waals surface area (Å²) in [6, 6.07) is 0. The van der Waals surface area contributed by atoms with Crippen LogP contribution in [0, 0.1) is 5.92 Å². The number of carbonyl (C=O) groups excluding carboxylic acids is 2. The fourth-order valence-corrected chi connectivity index (χ4v) is 1.54. The molecule has 1 unspecified atom stereocenters. The molecule has 0 heterocycles. The van der Waals surface area contributed by atoms with Crippen molar-refractivity contribution >= 4 is 12.6 Å². The Balaban J connectivity index is 3.38. The molecular weight excluding hydrogens is 200 g/mol. The molecule has 0 aromatic heterocycles. The van der Waals surface area contributed by atoms with Gasteiger partial charge in [0.15, 0.2) is 6.29 Å². The van der Waals surface area contributed by atoms with Crippen molar-refractivity contribution in [3.63, 3.8) is 0 Å². The monoisotopic (exact) mass is 222 g/mol. The minimum Gasteiger partial charge on any atom is -0.291 e. The summed E-state index contributed by atoms with van der Waals surface area (Å²) in [5.41, 5.74) is 0. The maximum atomic E-state index is 10.4. The Morgan fingerprint density at radius 1 is 1.06 bits per heavy atom. The van der Waals surface area contributed by atoms with Gasteiger partial charge in [-0.05, 0) is 12.8 Å². The van der Waals surface area contributed by atoms with Gasteiger partial charge in [-0.15, -0.1) is 0 Å². The maximum absolute atomic E-state index is 10.4. The van der Waals surface area contributed by atoms with Gasteiger partial charge in [-0.1, -0.05) is 51.2 Å². The van der Waals surface area contributed by atoms with Gasteiger partial charge in [-0.25, -0.2) is 0 Å². The quantitative estimate of drug-likeness (QED) is 0.396. The molecule has 0 fully saturated rings. The Kier molecular flexibility index (Phi) is 11.5. The van der Waals surface area contributed by atoms with E-state index in [-0.39, 0.29) is 6.42 Å². The average Bonchev–Trinajstić information content (AvgIpc) is 2.31. The highest BCUT2D eigenvalue weighted by Gasteiger charge is 2.01. The van der Waals surface area contributed by atoms with E-state index in [2.05, 4.69) is 6.92 Å². The summed E-state index contributed by atoms with van der Waals surface area (Å²) < 4.78 is 0. The molecule has 0 saturated carbocycles. The minimum atomic E-state index is -0.391. The van der Waals surface area contributed by atoms with Crippen molar-refractivity contribution in [1.82, 2.24) is 0 Å². The molecule has 0 N–H and O–H groups in total. The molecule has 90 valence electrons. The average molecular weight is 222 g/mol. The summed E-state index contributed by atoms with van der Waals surface area (Å²) in [5.74, 6) is -0.391. The second-order valence-electron chi connectivity index (χ2n) is 4.06. The summed E-state index contributed by atoms with van der Waals surface area (Å²) in [6.45, 7) is 2.21. The summed E-state index contributed by atoms with van der Waals surface area (Å²) >= 11 is 0. The topological polar surface area (TPSA) is 34.1 Å². The SMILES string of the molecule is CCCCCCCC/C=C/C([C]=O)C[C]=O. The van der Waals surface area contributed by atoms with Crippen LogP contribution in [0.5, 0.6) is 0 Å². The van der Waals surface area contributed by atoms with Gasteiger partial charge >= 0.3 is 0 Å². The third kappa shape index (κ3) is 9.63. The Hall–Kier alpha value is -0.920. The van der Waals surface area contributed by atoms with Gasteiger partial charge in [0.25, 0.3) is 0 Å². The Labute approximate surface area is 99.1 Å². The summed E-state index contributed by atoms with van der Waals surface area (Å²) in [4.78, 5) is 20.4. The number of hydrogen-bond donors (Lipinski definition) is 0. The Bertz CT molecular complexity index is 197. The van der Waals surface area contributed by atoms with E-state index in [1.54, 1.807) is 12.4 Å². The standard InChI is InChI=1S/C14H22O2/c1-2-3-4-5-6-7-8-9-10-14(13-16)11-12-15/h9-10,14H,2-8,11H2,1H3/b10-9+. The third-order valence-corrected chi connectivity index (χ3v) is 2.55. The summed E-state index contributed by atoms with van der Waals surface area (Å²) in [7, 11) is 0. The van der Waals surface area contributed by atoms with Crippen LogP contribution >= 0.6 is 0 Å². The molecule has 2 heteroatoms. The molecule has 0 rings (SSSR count). The molecule has 0 aliphatic heterocycles.